The van der Waals surface area contributed by atoms with Gasteiger partial charge in [0, 0.05) is 25.0 Å². The third kappa shape index (κ3) is 3.85. The van der Waals surface area contributed by atoms with E-state index in [1.165, 1.54) is 11.1 Å². The fourth-order valence-corrected chi connectivity index (χ4v) is 3.10. The van der Waals surface area contributed by atoms with Gasteiger partial charge >= 0.3 is 0 Å². The largest absolute Gasteiger partial charge is 0.391 e. The summed E-state index contributed by atoms with van der Waals surface area (Å²) in [4.78, 5) is 2.39. The van der Waals surface area contributed by atoms with Crippen LogP contribution >= 0.6 is 0 Å². The third-order valence-electron chi connectivity index (χ3n) is 5.03. The van der Waals surface area contributed by atoms with E-state index < -0.39 is 0 Å². The molecule has 2 rings (SSSR count). The Balaban J connectivity index is 2.05. The Bertz CT molecular complexity index is 425. The van der Waals surface area contributed by atoms with E-state index in [-0.39, 0.29) is 11.6 Å². The summed E-state index contributed by atoms with van der Waals surface area (Å²) in [5.74, 6) is 0. The summed E-state index contributed by atoms with van der Waals surface area (Å²) >= 11 is 0. The molecule has 1 aliphatic rings. The summed E-state index contributed by atoms with van der Waals surface area (Å²) in [5, 5.41) is 10.8. The number of aliphatic hydroxyl groups is 1. The van der Waals surface area contributed by atoms with Gasteiger partial charge < -0.3 is 9.84 Å². The van der Waals surface area contributed by atoms with Crippen LogP contribution in [0.5, 0.6) is 0 Å². The average Bonchev–Trinajstić information content (AvgIpc) is 2.55. The van der Waals surface area contributed by atoms with Crippen molar-refractivity contribution in [2.24, 2.45) is 0 Å². The molecule has 0 radical (unpaired) electrons. The number of aryl methyl sites for hydroxylation is 1. The lowest BCUT2D eigenvalue weighted by molar-refractivity contribution is -0.0714. The molecule has 21 heavy (non-hydrogen) atoms. The molecule has 3 nitrogen and oxygen atoms in total. The highest BCUT2D eigenvalue weighted by Gasteiger charge is 2.37. The number of morpholine rings is 1. The van der Waals surface area contributed by atoms with Gasteiger partial charge in [0.1, 0.15) is 0 Å². The highest BCUT2D eigenvalue weighted by molar-refractivity contribution is 5.23. The van der Waals surface area contributed by atoms with Crippen molar-refractivity contribution in [3.63, 3.8) is 0 Å². The van der Waals surface area contributed by atoms with Crippen molar-refractivity contribution in [2.45, 2.75) is 51.7 Å². The van der Waals surface area contributed by atoms with E-state index in [2.05, 4.69) is 49.9 Å². The van der Waals surface area contributed by atoms with Crippen LogP contribution in [0.25, 0.3) is 0 Å². The second-order valence-electron chi connectivity index (χ2n) is 6.20. The average molecular weight is 291 g/mol. The molecule has 1 heterocycles. The molecule has 1 saturated heterocycles. The molecule has 0 spiro atoms. The van der Waals surface area contributed by atoms with E-state index in [0.29, 0.717) is 6.42 Å². The van der Waals surface area contributed by atoms with Gasteiger partial charge in [-0.3, -0.25) is 4.90 Å². The lowest BCUT2D eigenvalue weighted by atomic mass is 9.85. The molecule has 3 heteroatoms. The maximum atomic E-state index is 10.8. The number of ether oxygens (including phenoxy) is 1. The van der Waals surface area contributed by atoms with Crippen molar-refractivity contribution >= 4 is 0 Å². The molecule has 1 aromatic rings. The summed E-state index contributed by atoms with van der Waals surface area (Å²) in [6, 6.07) is 8.63. The highest BCUT2D eigenvalue weighted by atomic mass is 16.5. The van der Waals surface area contributed by atoms with Crippen LogP contribution in [-0.2, 0) is 17.6 Å². The SMILES string of the molecule is CCc1ccc(CC(O)C(C)(CC)N2CCOCC2)cc1. The number of aliphatic hydroxyl groups excluding tert-OH is 1. The number of benzene rings is 1. The van der Waals surface area contributed by atoms with E-state index in [0.717, 1.165) is 39.1 Å². The predicted octanol–water partition coefficient (Wildman–Crippen LogP) is 2.65. The maximum absolute atomic E-state index is 10.8. The van der Waals surface area contributed by atoms with E-state index in [1.807, 2.05) is 0 Å². The van der Waals surface area contributed by atoms with Gasteiger partial charge in [-0.2, -0.15) is 0 Å². The second kappa shape index (κ2) is 7.39. The fourth-order valence-electron chi connectivity index (χ4n) is 3.10. The van der Waals surface area contributed by atoms with Crippen LogP contribution in [0.2, 0.25) is 0 Å². The first-order valence-electron chi connectivity index (χ1n) is 8.18. The van der Waals surface area contributed by atoms with E-state index >= 15 is 0 Å². The summed E-state index contributed by atoms with van der Waals surface area (Å²) < 4.78 is 5.44. The first kappa shape index (κ1) is 16.5. The fraction of sp³-hybridized carbons (Fsp3) is 0.667. The Morgan fingerprint density at radius 1 is 1.14 bits per heavy atom. The number of nitrogens with zero attached hydrogens (tertiary/aromatic N) is 1. The van der Waals surface area contributed by atoms with Gasteiger partial charge in [-0.25, -0.2) is 0 Å². The van der Waals surface area contributed by atoms with Gasteiger partial charge in [-0.05, 0) is 30.9 Å². The molecule has 1 aliphatic heterocycles. The maximum Gasteiger partial charge on any atom is 0.0761 e. The van der Waals surface area contributed by atoms with Gasteiger partial charge in [0.2, 0.25) is 0 Å². The minimum atomic E-state index is -0.354. The summed E-state index contributed by atoms with van der Waals surface area (Å²) in [6.07, 6.45) is 2.36. The molecule has 118 valence electrons. The van der Waals surface area contributed by atoms with Crippen molar-refractivity contribution in [2.75, 3.05) is 26.3 Å². The Morgan fingerprint density at radius 3 is 2.24 bits per heavy atom. The zero-order valence-corrected chi connectivity index (χ0v) is 13.6. The third-order valence-corrected chi connectivity index (χ3v) is 5.03. The molecule has 0 amide bonds. The van der Waals surface area contributed by atoms with Crippen LogP contribution in [0.15, 0.2) is 24.3 Å². The van der Waals surface area contributed by atoms with Crippen molar-refractivity contribution in [3.05, 3.63) is 35.4 Å². The molecular formula is C18H29NO2. The molecule has 0 aliphatic carbocycles. The first-order valence-corrected chi connectivity index (χ1v) is 8.18. The molecule has 2 atom stereocenters. The number of rotatable bonds is 6. The molecule has 0 saturated carbocycles. The van der Waals surface area contributed by atoms with E-state index in [1.54, 1.807) is 0 Å². The molecule has 1 aromatic carbocycles. The van der Waals surface area contributed by atoms with Crippen LogP contribution in [0.4, 0.5) is 0 Å². The van der Waals surface area contributed by atoms with E-state index in [4.69, 9.17) is 4.74 Å². The zero-order chi connectivity index (χ0) is 15.3. The van der Waals surface area contributed by atoms with Crippen LogP contribution in [0.3, 0.4) is 0 Å². The van der Waals surface area contributed by atoms with E-state index in [9.17, 15) is 5.11 Å². The molecule has 1 fully saturated rings. The van der Waals surface area contributed by atoms with Crippen LogP contribution < -0.4 is 0 Å². The monoisotopic (exact) mass is 291 g/mol. The topological polar surface area (TPSA) is 32.7 Å². The van der Waals surface area contributed by atoms with Gasteiger partial charge in [-0.15, -0.1) is 0 Å². The predicted molar refractivity (Wildman–Crippen MR) is 86.6 cm³/mol. The van der Waals surface area contributed by atoms with Crippen LogP contribution in [-0.4, -0.2) is 48.0 Å². The lowest BCUT2D eigenvalue weighted by Gasteiger charge is -2.46. The van der Waals surface area contributed by atoms with Gasteiger partial charge in [0.15, 0.2) is 0 Å². The zero-order valence-electron chi connectivity index (χ0n) is 13.6. The summed E-state index contributed by atoms with van der Waals surface area (Å²) in [6.45, 7) is 9.88. The number of hydrogen-bond acceptors (Lipinski definition) is 3. The Labute approximate surface area is 128 Å². The Kier molecular flexibility index (Phi) is 5.80. The summed E-state index contributed by atoms with van der Waals surface area (Å²) in [7, 11) is 0. The highest BCUT2D eigenvalue weighted by Crippen LogP contribution is 2.27. The second-order valence-corrected chi connectivity index (χ2v) is 6.20. The first-order chi connectivity index (χ1) is 10.1. The Hall–Kier alpha value is -0.900. The normalized spacial score (nSPS) is 21.0. The number of hydrogen-bond donors (Lipinski definition) is 1. The molecule has 0 bridgehead atoms. The quantitative estimate of drug-likeness (QED) is 0.874. The van der Waals surface area contributed by atoms with Gasteiger partial charge in [-0.1, -0.05) is 38.1 Å². The van der Waals surface area contributed by atoms with Crippen molar-refractivity contribution in [1.82, 2.24) is 4.90 Å². The Morgan fingerprint density at radius 2 is 1.71 bits per heavy atom. The molecular weight excluding hydrogens is 262 g/mol. The summed E-state index contributed by atoms with van der Waals surface area (Å²) in [5.41, 5.74) is 2.39. The minimum Gasteiger partial charge on any atom is -0.391 e. The van der Waals surface area contributed by atoms with Gasteiger partial charge in [0.25, 0.3) is 0 Å². The van der Waals surface area contributed by atoms with Crippen LogP contribution in [0.1, 0.15) is 38.3 Å². The minimum absolute atomic E-state index is 0.173. The lowest BCUT2D eigenvalue weighted by Crippen LogP contribution is -2.58. The van der Waals surface area contributed by atoms with Gasteiger partial charge in [0.05, 0.1) is 19.3 Å². The molecule has 2 unspecified atom stereocenters. The van der Waals surface area contributed by atoms with Crippen molar-refractivity contribution in [3.8, 4) is 0 Å². The molecule has 1 N–H and O–H groups in total. The molecule has 0 aromatic heterocycles. The van der Waals surface area contributed by atoms with Crippen molar-refractivity contribution < 1.29 is 9.84 Å². The van der Waals surface area contributed by atoms with Crippen LogP contribution in [0, 0.1) is 0 Å². The standard InChI is InChI=1S/C18H29NO2/c1-4-15-6-8-16(9-7-15)14-17(20)18(3,5-2)19-10-12-21-13-11-19/h6-9,17,20H,4-5,10-14H2,1-3H3. The smallest absolute Gasteiger partial charge is 0.0761 e. The van der Waals surface area contributed by atoms with Crippen molar-refractivity contribution in [1.29, 1.82) is 0 Å².